The van der Waals surface area contributed by atoms with Crippen molar-refractivity contribution in [2.45, 2.75) is 44.2 Å². The van der Waals surface area contributed by atoms with Crippen molar-refractivity contribution in [3.63, 3.8) is 0 Å². The van der Waals surface area contributed by atoms with Crippen LogP contribution in [0, 0.1) is 5.82 Å². The van der Waals surface area contributed by atoms with E-state index in [1.54, 1.807) is 6.07 Å². The number of benzene rings is 1. The third-order valence-electron chi connectivity index (χ3n) is 3.81. The van der Waals surface area contributed by atoms with Gasteiger partial charge >= 0.3 is 0 Å². The first-order valence-corrected chi connectivity index (χ1v) is 8.22. The zero-order valence-electron chi connectivity index (χ0n) is 11.6. The Labute approximate surface area is 133 Å². The average molecular weight is 365 g/mol. The van der Waals surface area contributed by atoms with Crippen LogP contribution in [0.3, 0.4) is 0 Å². The van der Waals surface area contributed by atoms with Crippen LogP contribution >= 0.6 is 27.5 Å². The monoisotopic (exact) mass is 363 g/mol. The van der Waals surface area contributed by atoms with Crippen LogP contribution in [0.15, 0.2) is 16.6 Å². The van der Waals surface area contributed by atoms with Crippen molar-refractivity contribution in [3.05, 3.63) is 33.0 Å². The average Bonchev–Trinajstić information content (AvgIpc) is 2.46. The molecule has 20 heavy (non-hydrogen) atoms. The lowest BCUT2D eigenvalue weighted by molar-refractivity contribution is 0.00861. The normalized spacial score (nSPS) is 20.9. The van der Waals surface area contributed by atoms with Crippen LogP contribution in [0.5, 0.6) is 0 Å². The molecule has 0 saturated carbocycles. The zero-order chi connectivity index (χ0) is 14.5. The minimum Gasteiger partial charge on any atom is -0.378 e. The van der Waals surface area contributed by atoms with Crippen molar-refractivity contribution in [1.29, 1.82) is 0 Å². The fourth-order valence-corrected chi connectivity index (χ4v) is 3.14. The molecule has 0 radical (unpaired) electrons. The largest absolute Gasteiger partial charge is 0.378 e. The molecule has 1 saturated heterocycles. The van der Waals surface area contributed by atoms with Gasteiger partial charge in [-0.1, -0.05) is 11.6 Å². The third-order valence-corrected chi connectivity index (χ3v) is 5.01. The summed E-state index contributed by atoms with van der Waals surface area (Å²) in [6.07, 6.45) is 5.60. The maximum absolute atomic E-state index is 14.1. The molecule has 1 aromatic carbocycles. The first kappa shape index (κ1) is 16.2. The van der Waals surface area contributed by atoms with E-state index in [1.807, 2.05) is 7.05 Å². The van der Waals surface area contributed by atoms with Crippen LogP contribution in [0.2, 0.25) is 5.02 Å². The number of nitrogens with one attached hydrogen (secondary N) is 1. The van der Waals surface area contributed by atoms with Crippen molar-refractivity contribution in [3.8, 4) is 0 Å². The minimum atomic E-state index is -0.231. The first-order chi connectivity index (χ1) is 9.61. The predicted octanol–water partition coefficient (Wildman–Crippen LogP) is 4.85. The van der Waals surface area contributed by atoms with Gasteiger partial charge in [0.25, 0.3) is 0 Å². The molecule has 1 aliphatic rings. The number of halogens is 3. The van der Waals surface area contributed by atoms with Crippen molar-refractivity contribution in [2.75, 3.05) is 13.7 Å². The Balaban J connectivity index is 2.02. The lowest BCUT2D eigenvalue weighted by atomic mass is 9.97. The molecule has 2 rings (SSSR count). The van der Waals surface area contributed by atoms with Crippen LogP contribution in [-0.2, 0) is 4.74 Å². The molecule has 2 unspecified atom stereocenters. The van der Waals surface area contributed by atoms with Gasteiger partial charge in [-0.3, -0.25) is 0 Å². The van der Waals surface area contributed by atoms with E-state index in [9.17, 15) is 4.39 Å². The molecule has 2 atom stereocenters. The number of hydrogen-bond donors (Lipinski definition) is 1. The number of hydrogen-bond acceptors (Lipinski definition) is 2. The summed E-state index contributed by atoms with van der Waals surface area (Å²) in [5, 5.41) is 3.71. The summed E-state index contributed by atoms with van der Waals surface area (Å²) in [5.74, 6) is -0.231. The van der Waals surface area contributed by atoms with E-state index in [4.69, 9.17) is 16.3 Å². The van der Waals surface area contributed by atoms with Gasteiger partial charge < -0.3 is 10.1 Å². The van der Waals surface area contributed by atoms with Crippen molar-refractivity contribution in [2.24, 2.45) is 0 Å². The third kappa shape index (κ3) is 4.17. The van der Waals surface area contributed by atoms with Crippen LogP contribution in [-0.4, -0.2) is 19.8 Å². The van der Waals surface area contributed by atoms with E-state index >= 15 is 0 Å². The van der Waals surface area contributed by atoms with Gasteiger partial charge in [0.15, 0.2) is 0 Å². The lowest BCUT2D eigenvalue weighted by Crippen LogP contribution is -2.23. The molecule has 1 fully saturated rings. The molecular formula is C15H20BrClFNO. The Morgan fingerprint density at radius 3 is 2.95 bits per heavy atom. The van der Waals surface area contributed by atoms with Crippen LogP contribution in [0.25, 0.3) is 0 Å². The highest BCUT2D eigenvalue weighted by Gasteiger charge is 2.20. The Bertz CT molecular complexity index is 452. The first-order valence-electron chi connectivity index (χ1n) is 7.05. The maximum Gasteiger partial charge on any atom is 0.129 e. The Morgan fingerprint density at radius 2 is 2.30 bits per heavy atom. The summed E-state index contributed by atoms with van der Waals surface area (Å²) < 4.78 is 20.4. The molecule has 112 valence electrons. The van der Waals surface area contributed by atoms with Crippen molar-refractivity contribution < 1.29 is 9.13 Å². The van der Waals surface area contributed by atoms with E-state index in [-0.39, 0.29) is 11.9 Å². The van der Waals surface area contributed by atoms with E-state index in [2.05, 4.69) is 21.2 Å². The molecule has 0 spiro atoms. The SMILES string of the molecule is CNC(CCC1CCCCO1)c1cc(Cl)c(Br)cc1F. The van der Waals surface area contributed by atoms with E-state index in [0.29, 0.717) is 21.2 Å². The van der Waals surface area contributed by atoms with Gasteiger partial charge in [0.1, 0.15) is 5.82 Å². The quantitative estimate of drug-likeness (QED) is 0.754. The standard InChI is InChI=1S/C15H20BrClFNO/c1-19-15(6-5-10-4-2-3-7-20-10)11-8-13(17)12(16)9-14(11)18/h8-10,15,19H,2-7H2,1H3. The van der Waals surface area contributed by atoms with E-state index < -0.39 is 0 Å². The van der Waals surface area contributed by atoms with Gasteiger partial charge in [0.2, 0.25) is 0 Å². The topological polar surface area (TPSA) is 21.3 Å². The van der Waals surface area contributed by atoms with Gasteiger partial charge in [-0.2, -0.15) is 0 Å². The molecule has 2 nitrogen and oxygen atoms in total. The highest BCUT2D eigenvalue weighted by Crippen LogP contribution is 2.31. The van der Waals surface area contributed by atoms with Crippen molar-refractivity contribution >= 4 is 27.5 Å². The summed E-state index contributed by atoms with van der Waals surface area (Å²) in [6.45, 7) is 0.855. The Hall–Kier alpha value is -0.160. The molecule has 0 amide bonds. The fourth-order valence-electron chi connectivity index (χ4n) is 2.65. The second-order valence-corrected chi connectivity index (χ2v) is 6.46. The second-order valence-electron chi connectivity index (χ2n) is 5.20. The van der Waals surface area contributed by atoms with Gasteiger partial charge in [0, 0.05) is 22.7 Å². The van der Waals surface area contributed by atoms with Gasteiger partial charge in [0.05, 0.1) is 11.1 Å². The van der Waals surface area contributed by atoms with E-state index in [0.717, 1.165) is 32.3 Å². The molecular weight excluding hydrogens is 345 g/mol. The summed E-state index contributed by atoms with van der Waals surface area (Å²) >= 11 is 9.31. The molecule has 5 heteroatoms. The molecule has 0 bridgehead atoms. The molecule has 1 N–H and O–H groups in total. The molecule has 0 aromatic heterocycles. The highest BCUT2D eigenvalue weighted by atomic mass is 79.9. The summed E-state index contributed by atoms with van der Waals surface area (Å²) in [6, 6.07) is 3.09. The highest BCUT2D eigenvalue weighted by molar-refractivity contribution is 9.10. The molecule has 1 heterocycles. The minimum absolute atomic E-state index is 0.0360. The van der Waals surface area contributed by atoms with Gasteiger partial charge in [-0.15, -0.1) is 0 Å². The summed E-state index contributed by atoms with van der Waals surface area (Å²) in [7, 11) is 1.85. The van der Waals surface area contributed by atoms with E-state index in [1.165, 1.54) is 12.5 Å². The summed E-state index contributed by atoms with van der Waals surface area (Å²) in [5.41, 5.74) is 0.622. The Morgan fingerprint density at radius 1 is 1.50 bits per heavy atom. The molecule has 1 aromatic rings. The molecule has 0 aliphatic carbocycles. The van der Waals surface area contributed by atoms with Crippen LogP contribution in [0.4, 0.5) is 4.39 Å². The lowest BCUT2D eigenvalue weighted by Gasteiger charge is -2.25. The smallest absolute Gasteiger partial charge is 0.129 e. The van der Waals surface area contributed by atoms with Gasteiger partial charge in [-0.05, 0) is 67.2 Å². The Kier molecular flexibility index (Phi) is 6.27. The number of rotatable bonds is 5. The zero-order valence-corrected chi connectivity index (χ0v) is 13.9. The summed E-state index contributed by atoms with van der Waals surface area (Å²) in [4.78, 5) is 0. The van der Waals surface area contributed by atoms with Crippen molar-refractivity contribution in [1.82, 2.24) is 5.32 Å². The predicted molar refractivity (Wildman–Crippen MR) is 83.7 cm³/mol. The second kappa shape index (κ2) is 7.74. The fraction of sp³-hybridized carbons (Fsp3) is 0.600. The molecule has 1 aliphatic heterocycles. The number of ether oxygens (including phenoxy) is 1. The van der Waals surface area contributed by atoms with Crippen LogP contribution in [0.1, 0.15) is 43.7 Å². The van der Waals surface area contributed by atoms with Gasteiger partial charge in [-0.25, -0.2) is 4.39 Å². The maximum atomic E-state index is 14.1. The van der Waals surface area contributed by atoms with Crippen LogP contribution < -0.4 is 5.32 Å².